The molecule has 0 radical (unpaired) electrons. The van der Waals surface area contributed by atoms with Crippen molar-refractivity contribution in [2.75, 3.05) is 19.4 Å². The average Bonchev–Trinajstić information content (AvgIpc) is 2.54. The predicted octanol–water partition coefficient (Wildman–Crippen LogP) is 2.57. The quantitative estimate of drug-likeness (QED) is 0.800. The number of hydrogen-bond acceptors (Lipinski definition) is 5. The number of aryl methyl sites for hydroxylation is 1. The minimum atomic E-state index is -0.249. The topological polar surface area (TPSA) is 90.1 Å². The molecule has 6 nitrogen and oxygen atoms in total. The number of carbonyl (C=O) groups excluding carboxylic acids is 1. The minimum absolute atomic E-state index is 0.133. The maximum absolute atomic E-state index is 12.2. The molecule has 122 valence electrons. The standard InChI is InChI=1S/C17H22N4O2/c1-4-5-10-23-13-9-7-6-8-12(13)15-14(16(22)19-3)11(2)20-17(18)21-15/h6-9H,4-5,10H2,1-3H3,(H,19,22)(H2,18,20,21). The van der Waals surface area contributed by atoms with Gasteiger partial charge >= 0.3 is 0 Å². The van der Waals surface area contributed by atoms with Crippen LogP contribution < -0.4 is 15.8 Å². The molecule has 1 amide bonds. The summed E-state index contributed by atoms with van der Waals surface area (Å²) < 4.78 is 5.85. The van der Waals surface area contributed by atoms with Crippen LogP contribution in [-0.2, 0) is 0 Å². The van der Waals surface area contributed by atoms with E-state index in [0.717, 1.165) is 18.4 Å². The van der Waals surface area contributed by atoms with Crippen LogP contribution in [0.5, 0.6) is 5.75 Å². The van der Waals surface area contributed by atoms with Crippen LogP contribution in [0.1, 0.15) is 35.8 Å². The molecule has 2 rings (SSSR count). The molecule has 0 fully saturated rings. The van der Waals surface area contributed by atoms with Crippen molar-refractivity contribution in [2.45, 2.75) is 26.7 Å². The van der Waals surface area contributed by atoms with Crippen molar-refractivity contribution in [3.8, 4) is 17.0 Å². The van der Waals surface area contributed by atoms with Crippen LogP contribution in [0.4, 0.5) is 5.95 Å². The normalized spacial score (nSPS) is 10.4. The third-order valence-electron chi connectivity index (χ3n) is 3.46. The van der Waals surface area contributed by atoms with Gasteiger partial charge in [0.15, 0.2) is 0 Å². The van der Waals surface area contributed by atoms with Gasteiger partial charge in [0.05, 0.1) is 23.6 Å². The van der Waals surface area contributed by atoms with Gasteiger partial charge < -0.3 is 15.8 Å². The summed E-state index contributed by atoms with van der Waals surface area (Å²) in [7, 11) is 1.57. The summed E-state index contributed by atoms with van der Waals surface area (Å²) in [6, 6.07) is 7.51. The number of carbonyl (C=O) groups is 1. The van der Waals surface area contributed by atoms with Gasteiger partial charge in [0.1, 0.15) is 5.75 Å². The van der Waals surface area contributed by atoms with Crippen LogP contribution in [0.15, 0.2) is 24.3 Å². The summed E-state index contributed by atoms with van der Waals surface area (Å²) in [6.45, 7) is 4.46. The van der Waals surface area contributed by atoms with Crippen molar-refractivity contribution < 1.29 is 9.53 Å². The van der Waals surface area contributed by atoms with Gasteiger partial charge in [0.25, 0.3) is 5.91 Å². The number of anilines is 1. The first kappa shape index (κ1) is 16.7. The second kappa shape index (κ2) is 7.58. The molecular formula is C17H22N4O2. The monoisotopic (exact) mass is 314 g/mol. The number of aromatic nitrogens is 2. The largest absolute Gasteiger partial charge is 0.493 e. The van der Waals surface area contributed by atoms with Crippen LogP contribution in [0.2, 0.25) is 0 Å². The lowest BCUT2D eigenvalue weighted by Gasteiger charge is -2.15. The fourth-order valence-corrected chi connectivity index (χ4v) is 2.30. The Morgan fingerprint density at radius 3 is 2.74 bits per heavy atom. The highest BCUT2D eigenvalue weighted by atomic mass is 16.5. The highest BCUT2D eigenvalue weighted by Gasteiger charge is 2.20. The fourth-order valence-electron chi connectivity index (χ4n) is 2.30. The number of benzene rings is 1. The van der Waals surface area contributed by atoms with Gasteiger partial charge in [0, 0.05) is 12.6 Å². The van der Waals surface area contributed by atoms with E-state index in [2.05, 4.69) is 22.2 Å². The molecule has 0 saturated heterocycles. The second-order valence-electron chi connectivity index (χ2n) is 5.17. The average molecular weight is 314 g/mol. The molecule has 1 heterocycles. The Bertz CT molecular complexity index is 701. The third kappa shape index (κ3) is 3.77. The van der Waals surface area contributed by atoms with Crippen LogP contribution in [0.3, 0.4) is 0 Å². The molecule has 0 aliphatic heterocycles. The Kier molecular flexibility index (Phi) is 5.51. The Balaban J connectivity index is 2.55. The van der Waals surface area contributed by atoms with Crippen molar-refractivity contribution in [1.29, 1.82) is 0 Å². The van der Waals surface area contributed by atoms with Crippen molar-refractivity contribution in [1.82, 2.24) is 15.3 Å². The van der Waals surface area contributed by atoms with Crippen LogP contribution >= 0.6 is 0 Å². The van der Waals surface area contributed by atoms with E-state index in [1.807, 2.05) is 24.3 Å². The Morgan fingerprint density at radius 1 is 1.30 bits per heavy atom. The van der Waals surface area contributed by atoms with E-state index in [4.69, 9.17) is 10.5 Å². The molecule has 1 aromatic carbocycles. The van der Waals surface area contributed by atoms with Crippen LogP contribution in [0.25, 0.3) is 11.3 Å². The van der Waals surface area contributed by atoms with E-state index < -0.39 is 0 Å². The zero-order valence-electron chi connectivity index (χ0n) is 13.7. The summed E-state index contributed by atoms with van der Waals surface area (Å²) in [4.78, 5) is 20.6. The molecule has 1 aromatic heterocycles. The first-order chi connectivity index (χ1) is 11.1. The van der Waals surface area contributed by atoms with Gasteiger partial charge in [-0.15, -0.1) is 0 Å². The highest BCUT2D eigenvalue weighted by molar-refractivity contribution is 6.01. The number of nitrogens with zero attached hydrogens (tertiary/aromatic N) is 2. The number of unbranched alkanes of at least 4 members (excludes halogenated alkanes) is 1. The SMILES string of the molecule is CCCCOc1ccccc1-c1nc(N)nc(C)c1C(=O)NC. The summed E-state index contributed by atoms with van der Waals surface area (Å²) in [5, 5.41) is 2.62. The predicted molar refractivity (Wildman–Crippen MR) is 90.4 cm³/mol. The number of nitrogen functional groups attached to an aromatic ring is 1. The lowest BCUT2D eigenvalue weighted by Crippen LogP contribution is -2.22. The van der Waals surface area contributed by atoms with E-state index in [0.29, 0.717) is 29.3 Å². The number of rotatable bonds is 6. The fraction of sp³-hybridized carbons (Fsp3) is 0.353. The van der Waals surface area contributed by atoms with Gasteiger partial charge in [-0.2, -0.15) is 0 Å². The molecule has 0 aliphatic rings. The van der Waals surface area contributed by atoms with E-state index in [1.165, 1.54) is 0 Å². The number of ether oxygens (including phenoxy) is 1. The van der Waals surface area contributed by atoms with Gasteiger partial charge in [-0.3, -0.25) is 4.79 Å². The summed E-state index contributed by atoms with van der Waals surface area (Å²) >= 11 is 0. The van der Waals surface area contributed by atoms with Crippen molar-refractivity contribution in [3.63, 3.8) is 0 Å². The molecule has 23 heavy (non-hydrogen) atoms. The zero-order chi connectivity index (χ0) is 16.8. The van der Waals surface area contributed by atoms with Crippen LogP contribution in [0, 0.1) is 6.92 Å². The molecule has 0 spiro atoms. The Labute approximate surface area is 136 Å². The maximum atomic E-state index is 12.2. The van der Waals surface area contributed by atoms with E-state index in [1.54, 1.807) is 14.0 Å². The second-order valence-corrected chi connectivity index (χ2v) is 5.17. The number of nitrogens with one attached hydrogen (secondary N) is 1. The number of nitrogens with two attached hydrogens (primary N) is 1. The van der Waals surface area contributed by atoms with Crippen LogP contribution in [-0.4, -0.2) is 29.5 Å². The molecule has 0 saturated carbocycles. The molecule has 2 aromatic rings. The van der Waals surface area contributed by atoms with E-state index in [-0.39, 0.29) is 11.9 Å². The zero-order valence-corrected chi connectivity index (χ0v) is 13.7. The lowest BCUT2D eigenvalue weighted by molar-refractivity contribution is 0.0962. The first-order valence-corrected chi connectivity index (χ1v) is 7.66. The van der Waals surface area contributed by atoms with E-state index >= 15 is 0 Å². The molecule has 0 bridgehead atoms. The molecule has 0 unspecified atom stereocenters. The van der Waals surface area contributed by atoms with Gasteiger partial charge in [0.2, 0.25) is 5.95 Å². The minimum Gasteiger partial charge on any atom is -0.493 e. The Morgan fingerprint density at radius 2 is 2.04 bits per heavy atom. The summed E-state index contributed by atoms with van der Waals surface area (Å²) in [5.41, 5.74) is 7.95. The number of amides is 1. The summed E-state index contributed by atoms with van der Waals surface area (Å²) in [6.07, 6.45) is 2.01. The lowest BCUT2D eigenvalue weighted by atomic mass is 10.0. The van der Waals surface area contributed by atoms with E-state index in [9.17, 15) is 4.79 Å². The maximum Gasteiger partial charge on any atom is 0.255 e. The Hall–Kier alpha value is -2.63. The van der Waals surface area contributed by atoms with Gasteiger partial charge in [-0.1, -0.05) is 25.5 Å². The molecule has 3 N–H and O–H groups in total. The summed E-state index contributed by atoms with van der Waals surface area (Å²) in [5.74, 6) is 0.568. The van der Waals surface area contributed by atoms with Crippen molar-refractivity contribution in [3.05, 3.63) is 35.5 Å². The number of para-hydroxylation sites is 1. The molecular weight excluding hydrogens is 292 g/mol. The molecule has 6 heteroatoms. The smallest absolute Gasteiger partial charge is 0.255 e. The van der Waals surface area contributed by atoms with Crippen molar-refractivity contribution >= 4 is 11.9 Å². The van der Waals surface area contributed by atoms with Gasteiger partial charge in [-0.05, 0) is 25.5 Å². The third-order valence-corrected chi connectivity index (χ3v) is 3.46. The highest BCUT2D eigenvalue weighted by Crippen LogP contribution is 2.32. The first-order valence-electron chi connectivity index (χ1n) is 7.66. The van der Waals surface area contributed by atoms with Gasteiger partial charge in [-0.25, -0.2) is 9.97 Å². The number of hydrogen-bond donors (Lipinski definition) is 2. The molecule has 0 atom stereocenters. The molecule has 0 aliphatic carbocycles. The van der Waals surface area contributed by atoms with Crippen molar-refractivity contribution in [2.24, 2.45) is 0 Å².